The van der Waals surface area contributed by atoms with E-state index in [0.717, 1.165) is 16.7 Å². The van der Waals surface area contributed by atoms with Gasteiger partial charge in [-0.1, -0.05) is 59.8 Å². The van der Waals surface area contributed by atoms with Gasteiger partial charge in [-0.2, -0.15) is 4.98 Å². The van der Waals surface area contributed by atoms with E-state index in [1.165, 1.54) is 11.8 Å². The quantitative estimate of drug-likeness (QED) is 0.543. The van der Waals surface area contributed by atoms with Crippen LogP contribution in [0, 0.1) is 6.92 Å². The standard InChI is InChI=1S/C23H27N3O2S/c1-17-10-8-9-13-19(17)22-24-20(28-25-22)15-29-16-21(27)26(23(2,3)4)14-18-11-6-5-7-12-18/h5-13H,14-16H2,1-4H3. The lowest BCUT2D eigenvalue weighted by atomic mass is 10.0. The summed E-state index contributed by atoms with van der Waals surface area (Å²) >= 11 is 1.49. The average molecular weight is 410 g/mol. The molecule has 0 fully saturated rings. The summed E-state index contributed by atoms with van der Waals surface area (Å²) in [7, 11) is 0. The maximum Gasteiger partial charge on any atom is 0.236 e. The zero-order valence-electron chi connectivity index (χ0n) is 17.4. The highest BCUT2D eigenvalue weighted by Gasteiger charge is 2.26. The minimum Gasteiger partial charge on any atom is -0.338 e. The Balaban J connectivity index is 1.59. The Hall–Kier alpha value is -2.60. The Labute approximate surface area is 176 Å². The third kappa shape index (κ3) is 5.70. The summed E-state index contributed by atoms with van der Waals surface area (Å²) in [6.45, 7) is 8.80. The third-order valence-electron chi connectivity index (χ3n) is 4.60. The first-order valence-electron chi connectivity index (χ1n) is 9.65. The van der Waals surface area contributed by atoms with Crippen LogP contribution in [-0.2, 0) is 17.1 Å². The van der Waals surface area contributed by atoms with Crippen molar-refractivity contribution >= 4 is 17.7 Å². The van der Waals surface area contributed by atoms with Gasteiger partial charge in [0.1, 0.15) is 0 Å². The Morgan fingerprint density at radius 3 is 2.45 bits per heavy atom. The lowest BCUT2D eigenvalue weighted by molar-refractivity contribution is -0.133. The predicted octanol–water partition coefficient (Wildman–Crippen LogP) is 5.11. The van der Waals surface area contributed by atoms with E-state index in [4.69, 9.17) is 4.52 Å². The molecule has 0 radical (unpaired) electrons. The molecule has 0 N–H and O–H groups in total. The van der Waals surface area contributed by atoms with Crippen LogP contribution in [0.2, 0.25) is 0 Å². The van der Waals surface area contributed by atoms with E-state index in [2.05, 4.69) is 30.9 Å². The fourth-order valence-corrected chi connectivity index (χ4v) is 3.74. The van der Waals surface area contributed by atoms with Crippen molar-refractivity contribution in [1.29, 1.82) is 0 Å². The molecule has 0 saturated heterocycles. The number of benzene rings is 2. The van der Waals surface area contributed by atoms with Crippen LogP contribution in [0.15, 0.2) is 59.1 Å². The van der Waals surface area contributed by atoms with Gasteiger partial charge in [-0.25, -0.2) is 0 Å². The van der Waals surface area contributed by atoms with Crippen molar-refractivity contribution in [1.82, 2.24) is 15.0 Å². The first kappa shape index (κ1) is 21.1. The summed E-state index contributed by atoms with van der Waals surface area (Å²) in [6, 6.07) is 18.0. The lowest BCUT2D eigenvalue weighted by Gasteiger charge is -2.36. The minimum absolute atomic E-state index is 0.102. The maximum absolute atomic E-state index is 12.9. The topological polar surface area (TPSA) is 59.2 Å². The molecule has 1 amide bonds. The summed E-state index contributed by atoms with van der Waals surface area (Å²) in [5.41, 5.74) is 2.94. The van der Waals surface area contributed by atoms with Crippen molar-refractivity contribution in [3.05, 3.63) is 71.6 Å². The second-order valence-corrected chi connectivity index (χ2v) is 8.94. The molecule has 3 aromatic rings. The molecule has 0 atom stereocenters. The Bertz CT molecular complexity index is 948. The fraction of sp³-hybridized carbons (Fsp3) is 0.348. The Kier molecular flexibility index (Phi) is 6.75. The number of aryl methyl sites for hydroxylation is 1. The third-order valence-corrected chi connectivity index (χ3v) is 5.50. The van der Waals surface area contributed by atoms with Crippen LogP contribution in [0.3, 0.4) is 0 Å². The molecule has 0 unspecified atom stereocenters. The molecule has 0 spiro atoms. The molecule has 5 nitrogen and oxygen atoms in total. The van der Waals surface area contributed by atoms with Gasteiger partial charge in [0, 0.05) is 17.6 Å². The molecule has 0 aliphatic carbocycles. The molecule has 0 aliphatic heterocycles. The first-order valence-corrected chi connectivity index (χ1v) is 10.8. The molecular formula is C23H27N3O2S. The monoisotopic (exact) mass is 409 g/mol. The molecule has 152 valence electrons. The van der Waals surface area contributed by atoms with Crippen molar-refractivity contribution in [3.63, 3.8) is 0 Å². The summed E-state index contributed by atoms with van der Waals surface area (Å²) in [6.07, 6.45) is 0. The highest BCUT2D eigenvalue weighted by Crippen LogP contribution is 2.23. The number of amides is 1. The van der Waals surface area contributed by atoms with E-state index in [1.807, 2.05) is 66.4 Å². The van der Waals surface area contributed by atoms with E-state index in [9.17, 15) is 4.79 Å². The van der Waals surface area contributed by atoms with Crippen LogP contribution in [0.1, 0.15) is 37.8 Å². The molecule has 29 heavy (non-hydrogen) atoms. The van der Waals surface area contributed by atoms with Gasteiger partial charge < -0.3 is 9.42 Å². The number of hydrogen-bond donors (Lipinski definition) is 0. The minimum atomic E-state index is -0.254. The Morgan fingerprint density at radius 1 is 1.07 bits per heavy atom. The van der Waals surface area contributed by atoms with Crippen LogP contribution >= 0.6 is 11.8 Å². The van der Waals surface area contributed by atoms with Gasteiger partial charge in [-0.05, 0) is 38.8 Å². The summed E-state index contributed by atoms with van der Waals surface area (Å²) in [4.78, 5) is 19.3. The van der Waals surface area contributed by atoms with Crippen LogP contribution in [-0.4, -0.2) is 32.2 Å². The van der Waals surface area contributed by atoms with E-state index in [-0.39, 0.29) is 11.4 Å². The van der Waals surface area contributed by atoms with Gasteiger partial charge in [0.2, 0.25) is 17.6 Å². The van der Waals surface area contributed by atoms with Crippen LogP contribution in [0.5, 0.6) is 0 Å². The van der Waals surface area contributed by atoms with E-state index < -0.39 is 0 Å². The summed E-state index contributed by atoms with van der Waals surface area (Å²) in [5, 5.41) is 4.08. The second-order valence-electron chi connectivity index (χ2n) is 7.96. The summed E-state index contributed by atoms with van der Waals surface area (Å²) < 4.78 is 5.37. The first-order chi connectivity index (χ1) is 13.8. The Morgan fingerprint density at radius 2 is 1.76 bits per heavy atom. The molecule has 6 heteroatoms. The maximum atomic E-state index is 12.9. The van der Waals surface area contributed by atoms with E-state index >= 15 is 0 Å². The van der Waals surface area contributed by atoms with Gasteiger partial charge in [0.15, 0.2) is 0 Å². The average Bonchev–Trinajstić information content (AvgIpc) is 3.15. The van der Waals surface area contributed by atoms with Crippen LogP contribution < -0.4 is 0 Å². The number of rotatable bonds is 7. The van der Waals surface area contributed by atoms with Crippen molar-refractivity contribution in [2.75, 3.05) is 5.75 Å². The van der Waals surface area contributed by atoms with Crippen LogP contribution in [0.4, 0.5) is 0 Å². The van der Waals surface area contributed by atoms with Crippen molar-refractivity contribution < 1.29 is 9.32 Å². The van der Waals surface area contributed by atoms with Crippen LogP contribution in [0.25, 0.3) is 11.4 Å². The molecule has 0 aliphatic rings. The van der Waals surface area contributed by atoms with Gasteiger partial charge in [-0.15, -0.1) is 11.8 Å². The number of thioether (sulfide) groups is 1. The molecule has 1 aromatic heterocycles. The molecule has 0 bridgehead atoms. The fourth-order valence-electron chi connectivity index (χ4n) is 3.02. The van der Waals surface area contributed by atoms with E-state index in [0.29, 0.717) is 29.8 Å². The SMILES string of the molecule is Cc1ccccc1-c1noc(CSCC(=O)N(Cc2ccccc2)C(C)(C)C)n1. The highest BCUT2D eigenvalue weighted by atomic mass is 32.2. The lowest BCUT2D eigenvalue weighted by Crippen LogP contribution is -2.45. The van der Waals surface area contributed by atoms with Gasteiger partial charge in [-0.3, -0.25) is 4.79 Å². The number of aromatic nitrogens is 2. The summed E-state index contributed by atoms with van der Waals surface area (Å²) in [5.74, 6) is 2.10. The number of carbonyl (C=O) groups is 1. The van der Waals surface area contributed by atoms with Crippen molar-refractivity contribution in [2.45, 2.75) is 45.5 Å². The second kappa shape index (κ2) is 9.27. The van der Waals surface area contributed by atoms with Crippen molar-refractivity contribution in [2.24, 2.45) is 0 Å². The number of nitrogens with zero attached hydrogens (tertiary/aromatic N) is 3. The van der Waals surface area contributed by atoms with Gasteiger partial charge in [0.25, 0.3) is 0 Å². The molecule has 3 rings (SSSR count). The molecular weight excluding hydrogens is 382 g/mol. The normalized spacial score (nSPS) is 11.4. The van der Waals surface area contributed by atoms with Gasteiger partial charge >= 0.3 is 0 Å². The molecule has 2 aromatic carbocycles. The highest BCUT2D eigenvalue weighted by molar-refractivity contribution is 7.99. The van der Waals surface area contributed by atoms with Gasteiger partial charge in [0.05, 0.1) is 11.5 Å². The zero-order chi connectivity index (χ0) is 20.9. The number of hydrogen-bond acceptors (Lipinski definition) is 5. The predicted molar refractivity (Wildman–Crippen MR) is 117 cm³/mol. The number of carbonyl (C=O) groups excluding carboxylic acids is 1. The smallest absolute Gasteiger partial charge is 0.236 e. The zero-order valence-corrected chi connectivity index (χ0v) is 18.2. The largest absolute Gasteiger partial charge is 0.338 e. The molecule has 0 saturated carbocycles. The van der Waals surface area contributed by atoms with E-state index in [1.54, 1.807) is 0 Å². The van der Waals surface area contributed by atoms with Crippen molar-refractivity contribution in [3.8, 4) is 11.4 Å². The molecule has 1 heterocycles.